The fraction of sp³-hybridized carbons (Fsp3) is 0.444. The second-order valence-electron chi connectivity index (χ2n) is 6.13. The lowest BCUT2D eigenvalue weighted by Crippen LogP contribution is -2.43. The molecule has 0 unspecified atom stereocenters. The summed E-state index contributed by atoms with van der Waals surface area (Å²) in [6, 6.07) is 7.93. The first-order valence-electron chi connectivity index (χ1n) is 8.67. The molecule has 0 bridgehead atoms. The van der Waals surface area contributed by atoms with E-state index in [9.17, 15) is 4.79 Å². The summed E-state index contributed by atoms with van der Waals surface area (Å²) in [5.41, 5.74) is 1.18. The molecule has 0 saturated carbocycles. The molecule has 1 heterocycles. The minimum absolute atomic E-state index is 0.0293. The third-order valence-electron chi connectivity index (χ3n) is 3.95. The second-order valence-corrected chi connectivity index (χ2v) is 6.13. The largest absolute Gasteiger partial charge is 0.497 e. The highest BCUT2D eigenvalue weighted by Gasteiger charge is 2.07. The molecule has 27 heavy (non-hydrogen) atoms. The molecule has 0 fully saturated rings. The Morgan fingerprint density at radius 1 is 1.26 bits per heavy atom. The number of rotatable bonds is 8. The van der Waals surface area contributed by atoms with Crippen molar-refractivity contribution >= 4 is 11.9 Å². The molecular formula is C18H27N7O2. The summed E-state index contributed by atoms with van der Waals surface area (Å²) in [5, 5.41) is 10.3. The van der Waals surface area contributed by atoms with Gasteiger partial charge < -0.3 is 20.3 Å². The van der Waals surface area contributed by atoms with E-state index in [-0.39, 0.29) is 12.5 Å². The van der Waals surface area contributed by atoms with E-state index in [1.165, 1.54) is 16.8 Å². The predicted molar refractivity (Wildman–Crippen MR) is 104 cm³/mol. The topological polar surface area (TPSA) is 96.7 Å². The Labute approximate surface area is 159 Å². The Morgan fingerprint density at radius 2 is 2.00 bits per heavy atom. The van der Waals surface area contributed by atoms with Gasteiger partial charge in [0.25, 0.3) is 0 Å². The third-order valence-corrected chi connectivity index (χ3v) is 3.95. The fourth-order valence-electron chi connectivity index (χ4n) is 2.22. The summed E-state index contributed by atoms with van der Waals surface area (Å²) in [6.45, 7) is 1.21. The van der Waals surface area contributed by atoms with Gasteiger partial charge in [-0.25, -0.2) is 9.98 Å². The molecule has 0 aliphatic heterocycles. The molecule has 0 atom stereocenters. The lowest BCUT2D eigenvalue weighted by Gasteiger charge is -2.15. The van der Waals surface area contributed by atoms with Crippen molar-refractivity contribution in [2.45, 2.75) is 13.0 Å². The molecule has 2 N–H and O–H groups in total. The summed E-state index contributed by atoms with van der Waals surface area (Å²) in [4.78, 5) is 22.0. The van der Waals surface area contributed by atoms with Crippen LogP contribution in [0.5, 0.6) is 5.75 Å². The average Bonchev–Trinajstić information content (AvgIpc) is 3.08. The van der Waals surface area contributed by atoms with Gasteiger partial charge >= 0.3 is 0 Å². The fourth-order valence-corrected chi connectivity index (χ4v) is 2.22. The highest BCUT2D eigenvalue weighted by Crippen LogP contribution is 2.11. The van der Waals surface area contributed by atoms with Crippen LogP contribution < -0.4 is 15.4 Å². The first-order chi connectivity index (χ1) is 13.0. The van der Waals surface area contributed by atoms with E-state index in [4.69, 9.17) is 4.74 Å². The Balaban J connectivity index is 1.93. The summed E-state index contributed by atoms with van der Waals surface area (Å²) in [5.74, 6) is 2.10. The van der Waals surface area contributed by atoms with Gasteiger partial charge in [0.2, 0.25) is 5.91 Å². The van der Waals surface area contributed by atoms with Crippen molar-refractivity contribution in [3.05, 3.63) is 42.0 Å². The van der Waals surface area contributed by atoms with E-state index in [1.807, 2.05) is 31.3 Å². The van der Waals surface area contributed by atoms with Gasteiger partial charge in [-0.2, -0.15) is 5.10 Å². The van der Waals surface area contributed by atoms with Crippen LogP contribution in [0, 0.1) is 0 Å². The first-order valence-corrected chi connectivity index (χ1v) is 8.67. The number of hydrogen-bond donors (Lipinski definition) is 2. The number of methoxy groups -OCH3 is 1. The second kappa shape index (κ2) is 10.1. The normalized spacial score (nSPS) is 11.2. The minimum atomic E-state index is -0.0293. The smallest absolute Gasteiger partial charge is 0.241 e. The molecule has 9 heteroatoms. The molecule has 9 nitrogen and oxygen atoms in total. The van der Waals surface area contributed by atoms with Crippen LogP contribution in [0.25, 0.3) is 0 Å². The molecule has 2 aromatic rings. The number of likely N-dealkylation sites (N-methyl/N-ethyl adjacent to an activating group) is 1. The summed E-state index contributed by atoms with van der Waals surface area (Å²) >= 11 is 0. The minimum Gasteiger partial charge on any atom is -0.497 e. The maximum absolute atomic E-state index is 11.8. The van der Waals surface area contributed by atoms with Crippen LogP contribution in [0.4, 0.5) is 0 Å². The maximum Gasteiger partial charge on any atom is 0.241 e. The SMILES string of the molecule is COc1ccc(CCNC(=NCc2ncnn2C)NCC(=O)N(C)C)cc1. The van der Waals surface area contributed by atoms with Gasteiger partial charge in [0.1, 0.15) is 24.4 Å². The van der Waals surface area contributed by atoms with Crippen molar-refractivity contribution in [3.63, 3.8) is 0 Å². The Bertz CT molecular complexity index is 753. The van der Waals surface area contributed by atoms with Crippen molar-refractivity contribution in [3.8, 4) is 5.75 Å². The summed E-state index contributed by atoms with van der Waals surface area (Å²) in [6.07, 6.45) is 2.31. The number of aliphatic imine (C=N–C) groups is 1. The lowest BCUT2D eigenvalue weighted by atomic mass is 10.1. The van der Waals surface area contributed by atoms with Gasteiger partial charge in [-0.15, -0.1) is 0 Å². The first kappa shape index (κ1) is 20.2. The lowest BCUT2D eigenvalue weighted by molar-refractivity contribution is -0.127. The number of carbonyl (C=O) groups is 1. The predicted octanol–water partition coefficient (Wildman–Crippen LogP) is 0.190. The van der Waals surface area contributed by atoms with Gasteiger partial charge in [0.15, 0.2) is 5.96 Å². The van der Waals surface area contributed by atoms with Crippen molar-refractivity contribution in [2.75, 3.05) is 34.3 Å². The van der Waals surface area contributed by atoms with Gasteiger partial charge in [-0.05, 0) is 24.1 Å². The quantitative estimate of drug-likeness (QED) is 0.507. The number of hydrogen-bond acceptors (Lipinski definition) is 5. The number of nitrogens with one attached hydrogen (secondary N) is 2. The van der Waals surface area contributed by atoms with E-state index >= 15 is 0 Å². The summed E-state index contributed by atoms with van der Waals surface area (Å²) in [7, 11) is 6.91. The zero-order valence-corrected chi connectivity index (χ0v) is 16.3. The van der Waals surface area contributed by atoms with Crippen molar-refractivity contribution in [2.24, 2.45) is 12.0 Å². The van der Waals surface area contributed by atoms with Crippen LogP contribution in [0.3, 0.4) is 0 Å². The van der Waals surface area contributed by atoms with E-state index in [1.54, 1.807) is 25.9 Å². The molecule has 1 aromatic heterocycles. The Kier molecular flexibility index (Phi) is 7.60. The number of guanidine groups is 1. The molecule has 0 spiro atoms. The van der Waals surface area contributed by atoms with Crippen LogP contribution in [0.1, 0.15) is 11.4 Å². The number of nitrogens with zero attached hydrogens (tertiary/aromatic N) is 5. The molecular weight excluding hydrogens is 346 g/mol. The van der Waals surface area contributed by atoms with Crippen LogP contribution >= 0.6 is 0 Å². The van der Waals surface area contributed by atoms with Crippen LogP contribution in [0.2, 0.25) is 0 Å². The number of amides is 1. The van der Waals surface area contributed by atoms with Crippen LogP contribution in [-0.4, -0.2) is 65.8 Å². The number of carbonyl (C=O) groups excluding carboxylic acids is 1. The molecule has 0 saturated heterocycles. The van der Waals surface area contributed by atoms with Crippen molar-refractivity contribution in [1.82, 2.24) is 30.3 Å². The molecule has 0 aliphatic rings. The number of ether oxygens (including phenoxy) is 1. The van der Waals surface area contributed by atoms with E-state index < -0.39 is 0 Å². The average molecular weight is 373 g/mol. The third kappa shape index (κ3) is 6.61. The van der Waals surface area contributed by atoms with Gasteiger partial charge in [0, 0.05) is 27.7 Å². The number of benzene rings is 1. The van der Waals surface area contributed by atoms with Gasteiger partial charge in [-0.1, -0.05) is 12.1 Å². The Morgan fingerprint density at radius 3 is 2.59 bits per heavy atom. The maximum atomic E-state index is 11.8. The van der Waals surface area contributed by atoms with Gasteiger partial charge in [-0.3, -0.25) is 9.48 Å². The number of aryl methyl sites for hydroxylation is 1. The molecule has 1 amide bonds. The highest BCUT2D eigenvalue weighted by atomic mass is 16.5. The Hall–Kier alpha value is -3.10. The standard InChI is InChI=1S/C18H27N7O2/c1-24(2)17(26)12-21-18(20-11-16-22-13-23-25(16)3)19-10-9-14-5-7-15(27-4)8-6-14/h5-8,13H,9-12H2,1-4H3,(H2,19,20,21). The molecule has 1 aromatic carbocycles. The zero-order chi connectivity index (χ0) is 19.6. The monoisotopic (exact) mass is 373 g/mol. The summed E-state index contributed by atoms with van der Waals surface area (Å²) < 4.78 is 6.84. The van der Waals surface area contributed by atoms with E-state index in [0.29, 0.717) is 19.0 Å². The van der Waals surface area contributed by atoms with Crippen molar-refractivity contribution < 1.29 is 9.53 Å². The molecule has 0 radical (unpaired) electrons. The highest BCUT2D eigenvalue weighted by molar-refractivity contribution is 5.86. The van der Waals surface area contributed by atoms with Crippen LogP contribution in [0.15, 0.2) is 35.6 Å². The molecule has 146 valence electrons. The van der Waals surface area contributed by atoms with Crippen molar-refractivity contribution in [1.29, 1.82) is 0 Å². The zero-order valence-electron chi connectivity index (χ0n) is 16.3. The number of aromatic nitrogens is 3. The van der Waals surface area contributed by atoms with Gasteiger partial charge in [0.05, 0.1) is 13.7 Å². The molecule has 2 rings (SSSR count). The molecule has 0 aliphatic carbocycles. The van der Waals surface area contributed by atoms with Crippen LogP contribution in [-0.2, 0) is 24.8 Å². The van der Waals surface area contributed by atoms with E-state index in [2.05, 4.69) is 25.7 Å². The van der Waals surface area contributed by atoms with E-state index in [0.717, 1.165) is 18.0 Å².